The van der Waals surface area contributed by atoms with Crippen molar-refractivity contribution in [3.63, 3.8) is 0 Å². The van der Waals surface area contributed by atoms with Crippen LogP contribution in [0.15, 0.2) is 132 Å². The fourth-order valence-corrected chi connectivity index (χ4v) is 6.33. The van der Waals surface area contributed by atoms with Gasteiger partial charge in [0.2, 0.25) is 0 Å². The van der Waals surface area contributed by atoms with Crippen molar-refractivity contribution in [2.75, 3.05) is 32.6 Å². The van der Waals surface area contributed by atoms with E-state index in [-0.39, 0.29) is 28.4 Å². The molecule has 0 amide bonds. The molecule has 0 radical (unpaired) electrons. The first-order valence-corrected chi connectivity index (χ1v) is 17.1. The van der Waals surface area contributed by atoms with E-state index in [0.29, 0.717) is 5.56 Å². The van der Waals surface area contributed by atoms with Crippen LogP contribution in [0.2, 0.25) is 0 Å². The molecule has 2 atom stereocenters. The molecule has 1 unspecified atom stereocenters. The second-order valence-electron chi connectivity index (χ2n) is 11.7. The summed E-state index contributed by atoms with van der Waals surface area (Å²) in [5.41, 5.74) is 8.20. The molecule has 0 aromatic heterocycles. The Morgan fingerprint density at radius 1 is 0.913 bits per heavy atom. The summed E-state index contributed by atoms with van der Waals surface area (Å²) in [7, 11) is -3.21. The largest absolute Gasteiger partial charge is 0.508 e. The first kappa shape index (κ1) is 34.3. The maximum atomic E-state index is 11.1. The van der Waals surface area contributed by atoms with Crippen molar-refractivity contribution in [3.05, 3.63) is 150 Å². The number of rotatable bonds is 8. The zero-order chi connectivity index (χ0) is 33.6. The molecule has 242 valence electrons. The second kappa shape index (κ2) is 14.7. The lowest BCUT2D eigenvalue weighted by Gasteiger charge is -2.43. The first-order chi connectivity index (χ1) is 21.8. The lowest BCUT2D eigenvalue weighted by molar-refractivity contribution is 0.0548. The van der Waals surface area contributed by atoms with Crippen molar-refractivity contribution >= 4 is 15.6 Å². The minimum absolute atomic E-state index is 0.0123. The van der Waals surface area contributed by atoms with E-state index in [4.69, 9.17) is 9.84 Å². The number of phenols is 1. The number of aliphatic hydroxyl groups excluding tert-OH is 1. The Bertz CT molecular complexity index is 1750. The summed E-state index contributed by atoms with van der Waals surface area (Å²) < 4.78 is 27.7. The minimum atomic E-state index is -3.21. The van der Waals surface area contributed by atoms with Crippen molar-refractivity contribution in [2.45, 2.75) is 37.6 Å². The quantitative estimate of drug-likeness (QED) is 0.244. The van der Waals surface area contributed by atoms with E-state index >= 15 is 0 Å². The number of aromatic hydroxyl groups is 1. The van der Waals surface area contributed by atoms with E-state index in [2.05, 4.69) is 86.7 Å². The van der Waals surface area contributed by atoms with Gasteiger partial charge >= 0.3 is 0 Å². The maximum absolute atomic E-state index is 11.1. The van der Waals surface area contributed by atoms with Crippen LogP contribution in [0.5, 0.6) is 5.75 Å². The van der Waals surface area contributed by atoms with Crippen molar-refractivity contribution in [3.8, 4) is 5.75 Å². The Morgan fingerprint density at radius 3 is 2.11 bits per heavy atom. The molecule has 1 fully saturated rings. The molecule has 5 rings (SSSR count). The zero-order valence-corrected chi connectivity index (χ0v) is 27.9. The van der Waals surface area contributed by atoms with Crippen molar-refractivity contribution < 1.29 is 23.4 Å². The average molecular weight is 641 g/mol. The van der Waals surface area contributed by atoms with Gasteiger partial charge in [0.25, 0.3) is 0 Å². The van der Waals surface area contributed by atoms with Crippen LogP contribution in [-0.4, -0.2) is 61.0 Å². The molecule has 2 aliphatic heterocycles. The summed E-state index contributed by atoms with van der Waals surface area (Å²) in [6.45, 7) is 21.9. The molecule has 3 aromatic rings. The molecule has 46 heavy (non-hydrogen) atoms. The van der Waals surface area contributed by atoms with Crippen LogP contribution in [0.4, 0.5) is 0 Å². The van der Waals surface area contributed by atoms with E-state index in [1.165, 1.54) is 23.3 Å². The molecular formula is C38H44N2O5S. The number of ether oxygens (including phenoxy) is 1. The molecule has 0 spiro atoms. The van der Waals surface area contributed by atoms with Gasteiger partial charge in [-0.2, -0.15) is 0 Å². The summed E-state index contributed by atoms with van der Waals surface area (Å²) in [4.78, 5) is 4.80. The van der Waals surface area contributed by atoms with Gasteiger partial charge in [0, 0.05) is 53.5 Å². The molecule has 0 bridgehead atoms. The number of hydrogen-bond donors (Lipinski definition) is 2. The third-order valence-corrected chi connectivity index (χ3v) is 9.47. The molecule has 2 aliphatic rings. The fourth-order valence-electron chi connectivity index (χ4n) is 5.67. The van der Waals surface area contributed by atoms with Crippen LogP contribution in [-0.2, 0) is 14.6 Å². The molecule has 8 heteroatoms. The molecule has 2 heterocycles. The lowest BCUT2D eigenvalue weighted by atomic mass is 9.85. The van der Waals surface area contributed by atoms with Gasteiger partial charge in [-0.05, 0) is 61.4 Å². The zero-order valence-electron chi connectivity index (χ0n) is 27.1. The van der Waals surface area contributed by atoms with Crippen LogP contribution < -0.4 is 0 Å². The number of morpholine rings is 1. The van der Waals surface area contributed by atoms with Gasteiger partial charge in [-0.15, -0.1) is 0 Å². The van der Waals surface area contributed by atoms with Gasteiger partial charge in [0.05, 0.1) is 24.2 Å². The summed E-state index contributed by atoms with van der Waals surface area (Å²) in [5.74, 6) is 0.322. The van der Waals surface area contributed by atoms with Crippen LogP contribution in [0.3, 0.4) is 0 Å². The van der Waals surface area contributed by atoms with Gasteiger partial charge in [-0.25, -0.2) is 8.42 Å². The molecule has 3 aromatic carbocycles. The molecule has 0 aliphatic carbocycles. The van der Waals surface area contributed by atoms with Gasteiger partial charge in [0.15, 0.2) is 9.84 Å². The Labute approximate surface area is 273 Å². The first-order valence-electron chi connectivity index (χ1n) is 15.2. The van der Waals surface area contributed by atoms with Crippen LogP contribution in [0, 0.1) is 6.92 Å². The van der Waals surface area contributed by atoms with Crippen molar-refractivity contribution in [1.82, 2.24) is 9.80 Å². The highest BCUT2D eigenvalue weighted by molar-refractivity contribution is 7.90. The van der Waals surface area contributed by atoms with E-state index in [1.54, 1.807) is 24.3 Å². The number of benzene rings is 3. The highest BCUT2D eigenvalue weighted by atomic mass is 32.2. The summed E-state index contributed by atoms with van der Waals surface area (Å²) in [6.07, 6.45) is 5.41. The smallest absolute Gasteiger partial charge is 0.175 e. The van der Waals surface area contributed by atoms with Gasteiger partial charge in [0.1, 0.15) is 11.5 Å². The Hall–Kier alpha value is -4.53. The van der Waals surface area contributed by atoms with E-state index < -0.39 is 9.84 Å². The average Bonchev–Trinajstić information content (AvgIpc) is 3.04. The lowest BCUT2D eigenvalue weighted by Crippen LogP contribution is -2.38. The molecule has 7 nitrogen and oxygen atoms in total. The topological polar surface area (TPSA) is 90.3 Å². The number of nitrogens with zero attached hydrogens (tertiary/aromatic N) is 2. The van der Waals surface area contributed by atoms with Gasteiger partial charge in [-0.1, -0.05) is 80.8 Å². The number of hydrogen-bond acceptors (Lipinski definition) is 7. The predicted molar refractivity (Wildman–Crippen MR) is 186 cm³/mol. The number of aliphatic hydroxyl groups is 1. The highest BCUT2D eigenvalue weighted by Crippen LogP contribution is 2.44. The van der Waals surface area contributed by atoms with Gasteiger partial charge < -0.3 is 24.7 Å². The molecular weight excluding hydrogens is 596 g/mol. The monoisotopic (exact) mass is 640 g/mol. The van der Waals surface area contributed by atoms with Crippen molar-refractivity contribution in [1.29, 1.82) is 0 Å². The third kappa shape index (κ3) is 8.19. The molecule has 1 saturated heterocycles. The maximum Gasteiger partial charge on any atom is 0.175 e. The second-order valence-corrected chi connectivity index (χ2v) is 13.7. The number of allylic oxidation sites excluding steroid dienone is 3. The number of phenolic OH excluding ortho intramolecular Hbond substituents is 1. The van der Waals surface area contributed by atoms with Gasteiger partial charge in [-0.3, -0.25) is 0 Å². The minimum Gasteiger partial charge on any atom is -0.508 e. The third-order valence-electron chi connectivity index (χ3n) is 8.36. The molecule has 2 N–H and O–H groups in total. The van der Waals surface area contributed by atoms with Crippen LogP contribution in [0.25, 0.3) is 5.76 Å². The summed E-state index contributed by atoms with van der Waals surface area (Å²) in [5, 5.41) is 18.9. The summed E-state index contributed by atoms with van der Waals surface area (Å²) in [6, 6.07) is 22.3. The molecule has 0 saturated carbocycles. The standard InChI is InChI=1S/C29H34N2O2.C9H10O3S/c1-20-6-9-25(10-7-20)22(3)29(26-11-13-27(32)14-12-26)31-21(2)8-15-28(24(31)5)23(4)30-16-18-33-19-17-30;1-7(10)8-4-3-5-9(6-8)13(2,11)12/h6-15,22,29,32H,4-5,16-19H2,1-3H3;3-6,10H,1H2,2H3/t22?,29-;/m1./s1. The Balaban J connectivity index is 0.000000310. The van der Waals surface area contributed by atoms with E-state index in [0.717, 1.165) is 60.8 Å². The highest BCUT2D eigenvalue weighted by Gasteiger charge is 2.33. The van der Waals surface area contributed by atoms with Crippen LogP contribution >= 0.6 is 0 Å². The normalized spacial score (nSPS) is 16.4. The van der Waals surface area contributed by atoms with Crippen LogP contribution in [0.1, 0.15) is 48.1 Å². The Kier molecular flexibility index (Phi) is 11.0. The number of aryl methyl sites for hydroxylation is 1. The fraction of sp³-hybridized carbons (Fsp3) is 0.263. The van der Waals surface area contributed by atoms with Crippen molar-refractivity contribution in [2.24, 2.45) is 0 Å². The summed E-state index contributed by atoms with van der Waals surface area (Å²) >= 11 is 0. The Morgan fingerprint density at radius 2 is 1.52 bits per heavy atom. The SMILES string of the molecule is C=C(C1=CC=C(C)N([C@@H](c2ccc(O)cc2)C(C)c2ccc(C)cc2)C1=C)N1CCOCC1.C=C(O)c1cccc(S(C)(=O)=O)c1. The van der Waals surface area contributed by atoms with E-state index in [9.17, 15) is 13.5 Å². The predicted octanol–water partition coefficient (Wildman–Crippen LogP) is 7.67. The van der Waals surface area contributed by atoms with E-state index in [1.807, 2.05) is 12.1 Å². The number of sulfone groups is 1.